The SMILES string of the molecule is CCCOc1ccc(CN(CCCN(C)C)C(=S)NC2CCCCC2)cc1OC. The Labute approximate surface area is 182 Å². The van der Waals surface area contributed by atoms with Crippen molar-refractivity contribution in [1.29, 1.82) is 0 Å². The number of rotatable bonds is 11. The minimum Gasteiger partial charge on any atom is -0.493 e. The van der Waals surface area contributed by atoms with Crippen LogP contribution >= 0.6 is 12.2 Å². The molecule has 5 nitrogen and oxygen atoms in total. The highest BCUT2D eigenvalue weighted by molar-refractivity contribution is 7.80. The molecule has 164 valence electrons. The summed E-state index contributed by atoms with van der Waals surface area (Å²) in [7, 11) is 5.92. The summed E-state index contributed by atoms with van der Waals surface area (Å²) in [6.45, 7) is 5.56. The summed E-state index contributed by atoms with van der Waals surface area (Å²) in [4.78, 5) is 4.52. The standard InChI is InChI=1S/C23H39N3O2S/c1-5-16-28-21-13-12-19(17-22(21)27-4)18-26(15-9-14-25(2)3)23(29)24-20-10-7-6-8-11-20/h12-13,17,20H,5-11,14-16,18H2,1-4H3,(H,24,29). The van der Waals surface area contributed by atoms with E-state index in [2.05, 4.69) is 48.3 Å². The van der Waals surface area contributed by atoms with Crippen LogP contribution in [0.15, 0.2) is 18.2 Å². The predicted molar refractivity (Wildman–Crippen MR) is 125 cm³/mol. The molecule has 0 amide bonds. The fourth-order valence-electron chi connectivity index (χ4n) is 3.71. The zero-order valence-corrected chi connectivity index (χ0v) is 19.5. The molecule has 0 aromatic heterocycles. The molecule has 1 aromatic rings. The zero-order chi connectivity index (χ0) is 21.1. The molecule has 1 aromatic carbocycles. The fraction of sp³-hybridized carbons (Fsp3) is 0.696. The Morgan fingerprint density at radius 2 is 1.90 bits per heavy atom. The van der Waals surface area contributed by atoms with Crippen LogP contribution in [0.5, 0.6) is 11.5 Å². The molecule has 0 aliphatic heterocycles. The summed E-state index contributed by atoms with van der Waals surface area (Å²) >= 11 is 5.82. The predicted octanol–water partition coefficient (Wildman–Crippen LogP) is 4.44. The monoisotopic (exact) mass is 421 g/mol. The van der Waals surface area contributed by atoms with E-state index in [9.17, 15) is 0 Å². The Kier molecular flexibility index (Phi) is 10.6. The van der Waals surface area contributed by atoms with Crippen molar-refractivity contribution in [3.63, 3.8) is 0 Å². The largest absolute Gasteiger partial charge is 0.493 e. The van der Waals surface area contributed by atoms with Crippen molar-refractivity contribution in [2.24, 2.45) is 0 Å². The van der Waals surface area contributed by atoms with Crippen LogP contribution in [-0.4, -0.2) is 61.9 Å². The second-order valence-electron chi connectivity index (χ2n) is 8.20. The summed E-state index contributed by atoms with van der Waals surface area (Å²) in [6.07, 6.45) is 8.46. The van der Waals surface area contributed by atoms with Crippen LogP contribution in [0.4, 0.5) is 0 Å². The minimum absolute atomic E-state index is 0.520. The minimum atomic E-state index is 0.520. The molecule has 1 N–H and O–H groups in total. The fourth-order valence-corrected chi connectivity index (χ4v) is 4.03. The number of nitrogens with zero attached hydrogens (tertiary/aromatic N) is 2. The number of hydrogen-bond acceptors (Lipinski definition) is 4. The van der Waals surface area contributed by atoms with Gasteiger partial charge in [0.15, 0.2) is 16.6 Å². The van der Waals surface area contributed by atoms with Gasteiger partial charge in [0.2, 0.25) is 0 Å². The summed E-state index contributed by atoms with van der Waals surface area (Å²) in [5, 5.41) is 4.51. The van der Waals surface area contributed by atoms with Gasteiger partial charge >= 0.3 is 0 Å². The van der Waals surface area contributed by atoms with Gasteiger partial charge in [-0.15, -0.1) is 0 Å². The van der Waals surface area contributed by atoms with Crippen molar-refractivity contribution in [2.75, 3.05) is 40.9 Å². The van der Waals surface area contributed by atoms with Crippen molar-refractivity contribution in [1.82, 2.24) is 15.1 Å². The van der Waals surface area contributed by atoms with Crippen molar-refractivity contribution in [3.05, 3.63) is 23.8 Å². The molecule has 0 radical (unpaired) electrons. The molecule has 0 heterocycles. The Hall–Kier alpha value is -1.53. The lowest BCUT2D eigenvalue weighted by atomic mass is 9.96. The highest BCUT2D eigenvalue weighted by Gasteiger charge is 2.18. The maximum atomic E-state index is 5.82. The number of thiocarbonyl (C=S) groups is 1. The highest BCUT2D eigenvalue weighted by atomic mass is 32.1. The smallest absolute Gasteiger partial charge is 0.169 e. The van der Waals surface area contributed by atoms with Crippen LogP contribution < -0.4 is 14.8 Å². The summed E-state index contributed by atoms with van der Waals surface area (Å²) in [5.74, 6) is 1.59. The Balaban J connectivity index is 2.05. The number of hydrogen-bond donors (Lipinski definition) is 1. The zero-order valence-electron chi connectivity index (χ0n) is 18.7. The first kappa shape index (κ1) is 23.7. The molecule has 0 unspecified atom stereocenters. The Bertz CT molecular complexity index is 618. The number of ether oxygens (including phenoxy) is 2. The van der Waals surface area contributed by atoms with E-state index in [1.165, 1.54) is 37.7 Å². The normalized spacial score (nSPS) is 14.7. The average Bonchev–Trinajstić information content (AvgIpc) is 2.72. The van der Waals surface area contributed by atoms with Crippen LogP contribution in [0.25, 0.3) is 0 Å². The highest BCUT2D eigenvalue weighted by Crippen LogP contribution is 2.29. The van der Waals surface area contributed by atoms with Gasteiger partial charge in [-0.1, -0.05) is 32.3 Å². The van der Waals surface area contributed by atoms with Crippen LogP contribution in [0.2, 0.25) is 0 Å². The lowest BCUT2D eigenvalue weighted by Crippen LogP contribution is -2.45. The van der Waals surface area contributed by atoms with Gasteiger partial charge in [-0.25, -0.2) is 0 Å². The van der Waals surface area contributed by atoms with Gasteiger partial charge in [-0.05, 0) is 76.2 Å². The van der Waals surface area contributed by atoms with Crippen molar-refractivity contribution in [2.45, 2.75) is 64.5 Å². The maximum absolute atomic E-state index is 5.82. The molecule has 29 heavy (non-hydrogen) atoms. The van der Waals surface area contributed by atoms with Gasteiger partial charge in [-0.3, -0.25) is 0 Å². The van der Waals surface area contributed by atoms with Gasteiger partial charge in [-0.2, -0.15) is 0 Å². The summed E-state index contributed by atoms with van der Waals surface area (Å²) < 4.78 is 11.4. The molecular weight excluding hydrogens is 382 g/mol. The van der Waals surface area contributed by atoms with Crippen LogP contribution in [0, 0.1) is 0 Å². The first-order valence-electron chi connectivity index (χ1n) is 11.0. The quantitative estimate of drug-likeness (QED) is 0.532. The van der Waals surface area contributed by atoms with Gasteiger partial charge in [0, 0.05) is 19.1 Å². The van der Waals surface area contributed by atoms with Gasteiger partial charge < -0.3 is 24.6 Å². The molecule has 0 atom stereocenters. The third kappa shape index (κ3) is 8.39. The van der Waals surface area contributed by atoms with Crippen LogP contribution in [-0.2, 0) is 6.54 Å². The first-order chi connectivity index (χ1) is 14.0. The molecular formula is C23H39N3O2S. The van der Waals surface area contributed by atoms with E-state index >= 15 is 0 Å². The Morgan fingerprint density at radius 1 is 1.14 bits per heavy atom. The van der Waals surface area contributed by atoms with Crippen LogP contribution in [0.3, 0.4) is 0 Å². The van der Waals surface area contributed by atoms with Crippen molar-refractivity contribution >= 4 is 17.3 Å². The third-order valence-electron chi connectivity index (χ3n) is 5.32. The number of methoxy groups -OCH3 is 1. The molecule has 2 rings (SSSR count). The van der Waals surface area contributed by atoms with E-state index in [0.29, 0.717) is 12.6 Å². The summed E-state index contributed by atoms with van der Waals surface area (Å²) in [5.41, 5.74) is 1.18. The van der Waals surface area contributed by atoms with E-state index < -0.39 is 0 Å². The van der Waals surface area contributed by atoms with Gasteiger partial charge in [0.25, 0.3) is 0 Å². The molecule has 1 aliphatic rings. The average molecular weight is 422 g/mol. The van der Waals surface area contributed by atoms with E-state index in [4.69, 9.17) is 21.7 Å². The second-order valence-corrected chi connectivity index (χ2v) is 8.58. The summed E-state index contributed by atoms with van der Waals surface area (Å²) in [6, 6.07) is 6.73. The van der Waals surface area contributed by atoms with Gasteiger partial charge in [0.05, 0.1) is 13.7 Å². The third-order valence-corrected chi connectivity index (χ3v) is 5.69. The molecule has 1 fully saturated rings. The molecule has 1 saturated carbocycles. The topological polar surface area (TPSA) is 37.0 Å². The van der Waals surface area contributed by atoms with E-state index in [1.807, 2.05) is 6.07 Å². The van der Waals surface area contributed by atoms with Crippen molar-refractivity contribution < 1.29 is 9.47 Å². The van der Waals surface area contributed by atoms with Gasteiger partial charge in [0.1, 0.15) is 0 Å². The lowest BCUT2D eigenvalue weighted by molar-refractivity contribution is 0.293. The first-order valence-corrected chi connectivity index (χ1v) is 11.4. The van der Waals surface area contributed by atoms with E-state index in [-0.39, 0.29) is 0 Å². The Morgan fingerprint density at radius 3 is 2.55 bits per heavy atom. The molecule has 1 aliphatic carbocycles. The molecule has 0 saturated heterocycles. The van der Waals surface area contributed by atoms with E-state index in [0.717, 1.165) is 49.1 Å². The number of benzene rings is 1. The molecule has 0 bridgehead atoms. The van der Waals surface area contributed by atoms with Crippen molar-refractivity contribution in [3.8, 4) is 11.5 Å². The maximum Gasteiger partial charge on any atom is 0.169 e. The molecule has 6 heteroatoms. The molecule has 0 spiro atoms. The van der Waals surface area contributed by atoms with Crippen LogP contribution in [0.1, 0.15) is 57.4 Å². The van der Waals surface area contributed by atoms with E-state index in [1.54, 1.807) is 7.11 Å². The second kappa shape index (κ2) is 12.9. The lowest BCUT2D eigenvalue weighted by Gasteiger charge is -2.31. The number of nitrogens with one attached hydrogen (secondary N) is 1.